The van der Waals surface area contributed by atoms with E-state index in [0.29, 0.717) is 12.1 Å². The summed E-state index contributed by atoms with van der Waals surface area (Å²) in [5.41, 5.74) is 3.30. The van der Waals surface area contributed by atoms with E-state index < -0.39 is 0 Å². The molecule has 0 spiro atoms. The van der Waals surface area contributed by atoms with E-state index in [1.54, 1.807) is 12.1 Å². The highest BCUT2D eigenvalue weighted by Gasteiger charge is 2.13. The molecule has 20 heavy (non-hydrogen) atoms. The standard InChI is InChI=1S/C16H18N2O2/c1-12-7-3-5-9-15(12)13(2)17-11-14-8-4-6-10-16(14)18(19)20/h3-10,13,17H,11H2,1-2H3/t13-/m0/s1. The topological polar surface area (TPSA) is 55.2 Å². The number of hydrogen-bond donors (Lipinski definition) is 1. The molecule has 0 aliphatic heterocycles. The number of para-hydroxylation sites is 1. The largest absolute Gasteiger partial charge is 0.306 e. The van der Waals surface area contributed by atoms with Crippen molar-refractivity contribution in [3.8, 4) is 0 Å². The normalized spacial score (nSPS) is 12.1. The predicted octanol–water partition coefficient (Wildman–Crippen LogP) is 3.75. The highest BCUT2D eigenvalue weighted by molar-refractivity contribution is 5.39. The van der Waals surface area contributed by atoms with Gasteiger partial charge in [0.15, 0.2) is 0 Å². The average Bonchev–Trinajstić information content (AvgIpc) is 2.45. The molecule has 0 saturated heterocycles. The number of aryl methyl sites for hydroxylation is 1. The number of nitro benzene ring substituents is 1. The first-order valence-corrected chi connectivity index (χ1v) is 6.61. The van der Waals surface area contributed by atoms with Crippen LogP contribution in [0.1, 0.15) is 29.7 Å². The maximum atomic E-state index is 11.0. The molecule has 0 heterocycles. The predicted molar refractivity (Wildman–Crippen MR) is 79.5 cm³/mol. The first kappa shape index (κ1) is 14.2. The molecule has 4 nitrogen and oxygen atoms in total. The number of nitrogens with zero attached hydrogens (tertiary/aromatic N) is 1. The van der Waals surface area contributed by atoms with Crippen LogP contribution in [0.5, 0.6) is 0 Å². The third kappa shape index (κ3) is 3.22. The molecule has 0 fully saturated rings. The lowest BCUT2D eigenvalue weighted by molar-refractivity contribution is -0.385. The number of nitro groups is 1. The molecule has 2 rings (SSSR count). The summed E-state index contributed by atoms with van der Waals surface area (Å²) in [6, 6.07) is 15.1. The Balaban J connectivity index is 2.10. The molecule has 0 radical (unpaired) electrons. The third-order valence-electron chi connectivity index (χ3n) is 3.44. The van der Waals surface area contributed by atoms with Crippen molar-refractivity contribution in [1.29, 1.82) is 0 Å². The molecule has 2 aromatic rings. The van der Waals surface area contributed by atoms with Crippen molar-refractivity contribution in [3.05, 3.63) is 75.3 Å². The second-order valence-corrected chi connectivity index (χ2v) is 4.84. The van der Waals surface area contributed by atoms with Crippen molar-refractivity contribution < 1.29 is 4.92 Å². The van der Waals surface area contributed by atoms with Crippen molar-refractivity contribution in [3.63, 3.8) is 0 Å². The number of rotatable bonds is 5. The molecule has 0 amide bonds. The van der Waals surface area contributed by atoms with Crippen LogP contribution in [0.25, 0.3) is 0 Å². The van der Waals surface area contributed by atoms with Crippen molar-refractivity contribution in [2.75, 3.05) is 0 Å². The van der Waals surface area contributed by atoms with Crippen LogP contribution in [0.4, 0.5) is 5.69 Å². The van der Waals surface area contributed by atoms with E-state index in [-0.39, 0.29) is 16.7 Å². The maximum absolute atomic E-state index is 11.0. The molecule has 0 aliphatic carbocycles. The fourth-order valence-electron chi connectivity index (χ4n) is 2.28. The Morgan fingerprint density at radius 2 is 1.80 bits per heavy atom. The molecule has 0 saturated carbocycles. The van der Waals surface area contributed by atoms with Gasteiger partial charge in [-0.15, -0.1) is 0 Å². The smallest absolute Gasteiger partial charge is 0.273 e. The number of nitrogens with one attached hydrogen (secondary N) is 1. The van der Waals surface area contributed by atoms with Crippen LogP contribution >= 0.6 is 0 Å². The summed E-state index contributed by atoms with van der Waals surface area (Å²) in [6.07, 6.45) is 0. The van der Waals surface area contributed by atoms with Crippen LogP contribution in [0.15, 0.2) is 48.5 Å². The Morgan fingerprint density at radius 1 is 1.15 bits per heavy atom. The van der Waals surface area contributed by atoms with Crippen LogP contribution in [0.3, 0.4) is 0 Å². The lowest BCUT2D eigenvalue weighted by Crippen LogP contribution is -2.19. The lowest BCUT2D eigenvalue weighted by Gasteiger charge is -2.16. The second-order valence-electron chi connectivity index (χ2n) is 4.84. The molecule has 2 aromatic carbocycles. The minimum Gasteiger partial charge on any atom is -0.306 e. The van der Waals surface area contributed by atoms with E-state index in [1.165, 1.54) is 17.2 Å². The Labute approximate surface area is 118 Å². The zero-order valence-corrected chi connectivity index (χ0v) is 11.7. The molecule has 1 N–H and O–H groups in total. The molecule has 104 valence electrons. The van der Waals surface area contributed by atoms with Gasteiger partial charge in [-0.05, 0) is 25.0 Å². The first-order valence-electron chi connectivity index (χ1n) is 6.61. The van der Waals surface area contributed by atoms with Gasteiger partial charge < -0.3 is 5.32 Å². The van der Waals surface area contributed by atoms with Gasteiger partial charge in [-0.25, -0.2) is 0 Å². The molecule has 0 unspecified atom stereocenters. The van der Waals surface area contributed by atoms with Crippen molar-refractivity contribution in [2.24, 2.45) is 0 Å². The van der Waals surface area contributed by atoms with Crippen molar-refractivity contribution in [2.45, 2.75) is 26.4 Å². The fourth-order valence-corrected chi connectivity index (χ4v) is 2.28. The van der Waals surface area contributed by atoms with Gasteiger partial charge in [0.05, 0.1) is 4.92 Å². The quantitative estimate of drug-likeness (QED) is 0.665. The molecule has 0 aromatic heterocycles. The van der Waals surface area contributed by atoms with E-state index >= 15 is 0 Å². The summed E-state index contributed by atoms with van der Waals surface area (Å²) in [4.78, 5) is 10.6. The maximum Gasteiger partial charge on any atom is 0.273 e. The Hall–Kier alpha value is -2.20. The van der Waals surface area contributed by atoms with Crippen LogP contribution in [0.2, 0.25) is 0 Å². The van der Waals surface area contributed by atoms with Crippen LogP contribution in [0, 0.1) is 17.0 Å². The molecule has 0 aliphatic rings. The van der Waals surface area contributed by atoms with E-state index in [0.717, 1.165) is 0 Å². The van der Waals surface area contributed by atoms with Gasteiger partial charge in [0.25, 0.3) is 5.69 Å². The van der Waals surface area contributed by atoms with Gasteiger partial charge in [0.2, 0.25) is 0 Å². The molecule has 1 atom stereocenters. The van der Waals surface area contributed by atoms with Gasteiger partial charge >= 0.3 is 0 Å². The van der Waals surface area contributed by atoms with Gasteiger partial charge in [0, 0.05) is 24.2 Å². The van der Waals surface area contributed by atoms with Crippen LogP contribution in [-0.4, -0.2) is 4.92 Å². The number of benzene rings is 2. The third-order valence-corrected chi connectivity index (χ3v) is 3.44. The first-order chi connectivity index (χ1) is 9.59. The van der Waals surface area contributed by atoms with Crippen molar-refractivity contribution >= 4 is 5.69 Å². The Bertz CT molecular complexity index is 611. The van der Waals surface area contributed by atoms with Gasteiger partial charge in [-0.2, -0.15) is 0 Å². The zero-order chi connectivity index (χ0) is 14.5. The van der Waals surface area contributed by atoms with E-state index in [2.05, 4.69) is 31.3 Å². The summed E-state index contributed by atoms with van der Waals surface area (Å²) in [6.45, 7) is 4.61. The fraction of sp³-hybridized carbons (Fsp3) is 0.250. The van der Waals surface area contributed by atoms with E-state index in [1.807, 2.05) is 18.2 Å². The summed E-state index contributed by atoms with van der Waals surface area (Å²) < 4.78 is 0. The monoisotopic (exact) mass is 270 g/mol. The summed E-state index contributed by atoms with van der Waals surface area (Å²) >= 11 is 0. The van der Waals surface area contributed by atoms with Gasteiger partial charge in [0.1, 0.15) is 0 Å². The molecule has 0 bridgehead atoms. The van der Waals surface area contributed by atoms with E-state index in [4.69, 9.17) is 0 Å². The SMILES string of the molecule is Cc1ccccc1[C@H](C)NCc1ccccc1[N+](=O)[O-]. The Morgan fingerprint density at radius 3 is 2.50 bits per heavy atom. The summed E-state index contributed by atoms with van der Waals surface area (Å²) in [5.74, 6) is 0. The minimum absolute atomic E-state index is 0.149. The van der Waals surface area contributed by atoms with Crippen LogP contribution in [-0.2, 0) is 6.54 Å². The van der Waals surface area contributed by atoms with E-state index in [9.17, 15) is 10.1 Å². The lowest BCUT2D eigenvalue weighted by atomic mass is 10.0. The number of hydrogen-bond acceptors (Lipinski definition) is 3. The zero-order valence-electron chi connectivity index (χ0n) is 11.7. The second kappa shape index (κ2) is 6.30. The van der Waals surface area contributed by atoms with Gasteiger partial charge in [-0.3, -0.25) is 10.1 Å². The molecular weight excluding hydrogens is 252 g/mol. The van der Waals surface area contributed by atoms with Crippen LogP contribution < -0.4 is 5.32 Å². The highest BCUT2D eigenvalue weighted by atomic mass is 16.6. The highest BCUT2D eigenvalue weighted by Crippen LogP contribution is 2.20. The molecular formula is C16H18N2O2. The average molecular weight is 270 g/mol. The van der Waals surface area contributed by atoms with Gasteiger partial charge in [-0.1, -0.05) is 42.5 Å². The van der Waals surface area contributed by atoms with Crippen molar-refractivity contribution in [1.82, 2.24) is 5.32 Å². The summed E-state index contributed by atoms with van der Waals surface area (Å²) in [7, 11) is 0. The summed E-state index contributed by atoms with van der Waals surface area (Å²) in [5, 5.41) is 14.3. The molecule has 4 heteroatoms. The Kier molecular flexibility index (Phi) is 4.48. The minimum atomic E-state index is -0.338.